The average molecular weight is 154 g/mol. The van der Waals surface area contributed by atoms with Gasteiger partial charge in [0.15, 0.2) is 0 Å². The fraction of sp³-hybridized carbons (Fsp3) is 0.625. The maximum Gasteiger partial charge on any atom is 0.105 e. The van der Waals surface area contributed by atoms with Crippen LogP contribution in [0.1, 0.15) is 17.9 Å². The summed E-state index contributed by atoms with van der Waals surface area (Å²) in [6, 6.07) is 0. The predicted molar refractivity (Wildman–Crippen MR) is 43.4 cm³/mol. The summed E-state index contributed by atoms with van der Waals surface area (Å²) in [6.45, 7) is 2.22. The van der Waals surface area contributed by atoms with Crippen LogP contribution >= 0.6 is 0 Å². The van der Waals surface area contributed by atoms with Crippen molar-refractivity contribution >= 4 is 0 Å². The molecule has 3 nitrogen and oxygen atoms in total. The molecule has 0 aromatic carbocycles. The Morgan fingerprint density at radius 2 is 2.36 bits per heavy atom. The SMILES string of the molecule is Cc1nc(CCCO)cn1C. The van der Waals surface area contributed by atoms with E-state index in [9.17, 15) is 0 Å². The highest BCUT2D eigenvalue weighted by Gasteiger charge is 1.98. The van der Waals surface area contributed by atoms with E-state index in [2.05, 4.69) is 4.98 Å². The Bertz CT molecular complexity index is 210. The van der Waals surface area contributed by atoms with Crippen molar-refractivity contribution in [3.63, 3.8) is 0 Å². The molecule has 1 aromatic heterocycles. The summed E-state index contributed by atoms with van der Waals surface area (Å²) in [4.78, 5) is 4.30. The van der Waals surface area contributed by atoms with Crippen LogP contribution in [0.5, 0.6) is 0 Å². The number of aliphatic hydroxyl groups excluding tert-OH is 1. The Morgan fingerprint density at radius 3 is 2.82 bits per heavy atom. The van der Waals surface area contributed by atoms with Crippen LogP contribution in [0.25, 0.3) is 0 Å². The van der Waals surface area contributed by atoms with E-state index in [1.54, 1.807) is 0 Å². The summed E-state index contributed by atoms with van der Waals surface area (Å²) in [7, 11) is 1.98. The lowest BCUT2D eigenvalue weighted by atomic mass is 10.3. The molecule has 0 saturated heterocycles. The molecule has 1 aromatic rings. The van der Waals surface area contributed by atoms with Gasteiger partial charge in [0.2, 0.25) is 0 Å². The number of aryl methyl sites for hydroxylation is 3. The van der Waals surface area contributed by atoms with Gasteiger partial charge in [-0.25, -0.2) is 4.98 Å². The van der Waals surface area contributed by atoms with Gasteiger partial charge in [-0.05, 0) is 19.8 Å². The second-order valence-corrected chi connectivity index (χ2v) is 2.72. The maximum absolute atomic E-state index is 8.57. The van der Waals surface area contributed by atoms with Crippen molar-refractivity contribution < 1.29 is 5.11 Å². The molecule has 11 heavy (non-hydrogen) atoms. The Hall–Kier alpha value is -0.830. The number of aliphatic hydroxyl groups is 1. The zero-order chi connectivity index (χ0) is 8.27. The van der Waals surface area contributed by atoms with E-state index in [0.29, 0.717) is 0 Å². The van der Waals surface area contributed by atoms with Gasteiger partial charge in [-0.15, -0.1) is 0 Å². The van der Waals surface area contributed by atoms with Gasteiger partial charge in [-0.3, -0.25) is 0 Å². The van der Waals surface area contributed by atoms with Crippen molar-refractivity contribution in [1.82, 2.24) is 9.55 Å². The number of rotatable bonds is 3. The second-order valence-electron chi connectivity index (χ2n) is 2.72. The highest BCUT2D eigenvalue weighted by Crippen LogP contribution is 2.02. The third kappa shape index (κ3) is 2.05. The molecule has 0 spiro atoms. The molecule has 0 aliphatic carbocycles. The minimum atomic E-state index is 0.246. The molecular weight excluding hydrogens is 140 g/mol. The van der Waals surface area contributed by atoms with Gasteiger partial charge in [0.25, 0.3) is 0 Å². The van der Waals surface area contributed by atoms with E-state index >= 15 is 0 Å². The van der Waals surface area contributed by atoms with E-state index in [-0.39, 0.29) is 6.61 Å². The smallest absolute Gasteiger partial charge is 0.105 e. The Balaban J connectivity index is 2.58. The van der Waals surface area contributed by atoms with E-state index in [1.165, 1.54) is 0 Å². The van der Waals surface area contributed by atoms with Gasteiger partial charge in [0, 0.05) is 19.9 Å². The summed E-state index contributed by atoms with van der Waals surface area (Å²) in [5, 5.41) is 8.57. The fourth-order valence-electron chi connectivity index (χ4n) is 1.01. The van der Waals surface area contributed by atoms with Crippen LogP contribution in [0.15, 0.2) is 6.20 Å². The molecule has 0 aliphatic heterocycles. The first-order valence-electron chi connectivity index (χ1n) is 3.83. The average Bonchev–Trinajstić information content (AvgIpc) is 2.28. The molecule has 0 saturated carbocycles. The molecule has 0 unspecified atom stereocenters. The van der Waals surface area contributed by atoms with E-state index < -0.39 is 0 Å². The van der Waals surface area contributed by atoms with E-state index in [1.807, 2.05) is 24.7 Å². The second kappa shape index (κ2) is 3.53. The zero-order valence-electron chi connectivity index (χ0n) is 7.04. The summed E-state index contributed by atoms with van der Waals surface area (Å²) in [5.74, 6) is 1.03. The molecule has 1 N–H and O–H groups in total. The van der Waals surface area contributed by atoms with Gasteiger partial charge < -0.3 is 9.67 Å². The first kappa shape index (κ1) is 8.27. The van der Waals surface area contributed by atoms with Crippen molar-refractivity contribution in [1.29, 1.82) is 0 Å². The number of imidazole rings is 1. The van der Waals surface area contributed by atoms with Crippen molar-refractivity contribution in [2.75, 3.05) is 6.61 Å². The van der Waals surface area contributed by atoms with Crippen molar-refractivity contribution in [3.8, 4) is 0 Å². The Kier molecular flexibility index (Phi) is 2.65. The lowest BCUT2D eigenvalue weighted by molar-refractivity contribution is 0.288. The molecule has 0 radical (unpaired) electrons. The lowest BCUT2D eigenvalue weighted by Gasteiger charge is -1.90. The number of aromatic nitrogens is 2. The topological polar surface area (TPSA) is 38.1 Å². The third-order valence-electron chi connectivity index (χ3n) is 1.75. The van der Waals surface area contributed by atoms with Crippen LogP contribution in [0, 0.1) is 6.92 Å². The minimum Gasteiger partial charge on any atom is -0.396 e. The molecule has 0 aliphatic rings. The zero-order valence-corrected chi connectivity index (χ0v) is 7.04. The molecule has 62 valence electrons. The van der Waals surface area contributed by atoms with Crippen LogP contribution in [-0.4, -0.2) is 21.3 Å². The number of nitrogens with zero attached hydrogens (tertiary/aromatic N) is 2. The molecule has 1 heterocycles. The normalized spacial score (nSPS) is 10.5. The van der Waals surface area contributed by atoms with Crippen LogP contribution in [0.2, 0.25) is 0 Å². The summed E-state index contributed by atoms with van der Waals surface area (Å²) < 4.78 is 1.99. The molecule has 0 atom stereocenters. The first-order valence-corrected chi connectivity index (χ1v) is 3.83. The molecule has 3 heteroatoms. The highest BCUT2D eigenvalue weighted by atomic mass is 16.2. The van der Waals surface area contributed by atoms with Crippen LogP contribution in [0.3, 0.4) is 0 Å². The van der Waals surface area contributed by atoms with Gasteiger partial charge in [0.1, 0.15) is 5.82 Å². The van der Waals surface area contributed by atoms with Crippen molar-refractivity contribution in [2.45, 2.75) is 19.8 Å². The quantitative estimate of drug-likeness (QED) is 0.694. The summed E-state index contributed by atoms with van der Waals surface area (Å²) in [6.07, 6.45) is 3.68. The van der Waals surface area contributed by atoms with Gasteiger partial charge in [-0.1, -0.05) is 0 Å². The van der Waals surface area contributed by atoms with Gasteiger partial charge in [0.05, 0.1) is 5.69 Å². The Morgan fingerprint density at radius 1 is 1.64 bits per heavy atom. The van der Waals surface area contributed by atoms with E-state index in [4.69, 9.17) is 5.11 Å². The summed E-state index contributed by atoms with van der Waals surface area (Å²) in [5.41, 5.74) is 1.07. The lowest BCUT2D eigenvalue weighted by Crippen LogP contribution is -1.88. The van der Waals surface area contributed by atoms with Crippen molar-refractivity contribution in [2.24, 2.45) is 7.05 Å². The standard InChI is InChI=1S/C8H14N2O/c1-7-9-8(4-3-5-11)6-10(7)2/h6,11H,3-5H2,1-2H3. The largest absolute Gasteiger partial charge is 0.396 e. The Labute approximate surface area is 66.7 Å². The first-order chi connectivity index (χ1) is 5.24. The van der Waals surface area contributed by atoms with E-state index in [0.717, 1.165) is 24.4 Å². The predicted octanol–water partition coefficient (Wildman–Crippen LogP) is 0.653. The maximum atomic E-state index is 8.57. The molecule has 0 amide bonds. The van der Waals surface area contributed by atoms with Crippen LogP contribution in [0.4, 0.5) is 0 Å². The minimum absolute atomic E-state index is 0.246. The van der Waals surface area contributed by atoms with Gasteiger partial charge >= 0.3 is 0 Å². The monoisotopic (exact) mass is 154 g/mol. The fourth-order valence-corrected chi connectivity index (χ4v) is 1.01. The molecular formula is C8H14N2O. The van der Waals surface area contributed by atoms with Gasteiger partial charge in [-0.2, -0.15) is 0 Å². The van der Waals surface area contributed by atoms with Crippen LogP contribution in [-0.2, 0) is 13.5 Å². The molecule has 0 fully saturated rings. The number of hydrogen-bond acceptors (Lipinski definition) is 2. The van der Waals surface area contributed by atoms with Crippen molar-refractivity contribution in [3.05, 3.63) is 17.7 Å². The molecule has 0 bridgehead atoms. The van der Waals surface area contributed by atoms with Crippen LogP contribution < -0.4 is 0 Å². The highest BCUT2D eigenvalue weighted by molar-refractivity contribution is 5.02. The summed E-state index contributed by atoms with van der Waals surface area (Å²) >= 11 is 0. The number of hydrogen-bond donors (Lipinski definition) is 1. The molecule has 1 rings (SSSR count). The third-order valence-corrected chi connectivity index (χ3v) is 1.75.